The van der Waals surface area contributed by atoms with Crippen molar-refractivity contribution in [2.24, 2.45) is 16.3 Å². The summed E-state index contributed by atoms with van der Waals surface area (Å²) in [5, 5.41) is 17.6. The standard InChI is InChI=1S/C13H28N4O2/c1-10(2)16-11(18)9-15-8-6-5-7-13(3,4)12(14)17-19/h10,15,19H,5-9H2,1-4H3,(H2,14,17)(H,16,18). The largest absolute Gasteiger partial charge is 0.409 e. The zero-order valence-electron chi connectivity index (χ0n) is 12.5. The van der Waals surface area contributed by atoms with Gasteiger partial charge in [0.1, 0.15) is 5.84 Å². The summed E-state index contributed by atoms with van der Waals surface area (Å²) < 4.78 is 0. The molecule has 0 aromatic carbocycles. The van der Waals surface area contributed by atoms with Crippen molar-refractivity contribution in [2.45, 2.75) is 53.0 Å². The van der Waals surface area contributed by atoms with Crippen LogP contribution in [0.3, 0.4) is 0 Å². The Morgan fingerprint density at radius 3 is 2.53 bits per heavy atom. The maximum absolute atomic E-state index is 11.3. The van der Waals surface area contributed by atoms with Gasteiger partial charge < -0.3 is 21.6 Å². The normalized spacial score (nSPS) is 12.8. The fourth-order valence-corrected chi connectivity index (χ4v) is 1.66. The quantitative estimate of drug-likeness (QED) is 0.166. The zero-order chi connectivity index (χ0) is 14.9. The van der Waals surface area contributed by atoms with Crippen LogP contribution in [0.15, 0.2) is 5.16 Å². The molecular weight excluding hydrogens is 244 g/mol. The van der Waals surface area contributed by atoms with Crippen LogP contribution in [0.2, 0.25) is 0 Å². The lowest BCUT2D eigenvalue weighted by Gasteiger charge is -2.22. The second kappa shape index (κ2) is 8.74. The van der Waals surface area contributed by atoms with Crippen LogP contribution in [0.25, 0.3) is 0 Å². The van der Waals surface area contributed by atoms with Crippen molar-refractivity contribution in [3.8, 4) is 0 Å². The van der Waals surface area contributed by atoms with Crippen LogP contribution in [-0.2, 0) is 4.79 Å². The predicted molar refractivity (Wildman–Crippen MR) is 77.2 cm³/mol. The molecule has 0 heterocycles. The first-order chi connectivity index (χ1) is 8.79. The molecule has 0 aromatic rings. The fraction of sp³-hybridized carbons (Fsp3) is 0.846. The summed E-state index contributed by atoms with van der Waals surface area (Å²) in [6.07, 6.45) is 2.77. The number of rotatable bonds is 9. The average molecular weight is 272 g/mol. The van der Waals surface area contributed by atoms with E-state index in [-0.39, 0.29) is 23.2 Å². The molecule has 0 unspecified atom stereocenters. The molecule has 0 fully saturated rings. The van der Waals surface area contributed by atoms with Crippen molar-refractivity contribution < 1.29 is 10.0 Å². The van der Waals surface area contributed by atoms with Gasteiger partial charge in [-0.15, -0.1) is 0 Å². The third-order valence-electron chi connectivity index (χ3n) is 2.94. The lowest BCUT2D eigenvalue weighted by Crippen LogP contribution is -2.38. The molecule has 6 heteroatoms. The summed E-state index contributed by atoms with van der Waals surface area (Å²) in [7, 11) is 0. The van der Waals surface area contributed by atoms with E-state index < -0.39 is 0 Å². The lowest BCUT2D eigenvalue weighted by atomic mass is 9.86. The van der Waals surface area contributed by atoms with Gasteiger partial charge in [-0.2, -0.15) is 0 Å². The second-order valence-corrected chi connectivity index (χ2v) is 5.73. The summed E-state index contributed by atoms with van der Waals surface area (Å²) >= 11 is 0. The Hall–Kier alpha value is -1.30. The Morgan fingerprint density at radius 2 is 2.00 bits per heavy atom. The molecule has 0 aliphatic rings. The van der Waals surface area contributed by atoms with Crippen LogP contribution < -0.4 is 16.4 Å². The molecule has 0 spiro atoms. The minimum atomic E-state index is -0.288. The summed E-state index contributed by atoms with van der Waals surface area (Å²) in [4.78, 5) is 11.3. The molecular formula is C13H28N4O2. The monoisotopic (exact) mass is 272 g/mol. The lowest BCUT2D eigenvalue weighted by molar-refractivity contribution is -0.120. The van der Waals surface area contributed by atoms with E-state index in [9.17, 15) is 4.79 Å². The summed E-state index contributed by atoms with van der Waals surface area (Å²) in [6, 6.07) is 0.177. The maximum atomic E-state index is 11.3. The highest BCUT2D eigenvalue weighted by atomic mass is 16.4. The third kappa shape index (κ3) is 8.42. The molecule has 0 bridgehead atoms. The van der Waals surface area contributed by atoms with Crippen molar-refractivity contribution >= 4 is 11.7 Å². The number of amidine groups is 1. The summed E-state index contributed by atoms with van der Waals surface area (Å²) in [5.74, 6) is 0.281. The first-order valence-corrected chi connectivity index (χ1v) is 6.77. The molecule has 0 aromatic heterocycles. The first-order valence-electron chi connectivity index (χ1n) is 6.77. The third-order valence-corrected chi connectivity index (χ3v) is 2.94. The van der Waals surface area contributed by atoms with Gasteiger partial charge in [-0.25, -0.2) is 0 Å². The number of carbonyl (C=O) groups is 1. The number of unbranched alkanes of at least 4 members (excludes halogenated alkanes) is 1. The van der Waals surface area contributed by atoms with Gasteiger partial charge >= 0.3 is 0 Å². The molecule has 1 amide bonds. The van der Waals surface area contributed by atoms with Crippen LogP contribution in [0.1, 0.15) is 47.0 Å². The highest BCUT2D eigenvalue weighted by Crippen LogP contribution is 2.22. The Morgan fingerprint density at radius 1 is 1.37 bits per heavy atom. The molecule has 0 saturated carbocycles. The number of amides is 1. The van der Waals surface area contributed by atoms with Crippen LogP contribution in [0.5, 0.6) is 0 Å². The number of hydrogen-bond donors (Lipinski definition) is 4. The van der Waals surface area contributed by atoms with E-state index in [1.54, 1.807) is 0 Å². The zero-order valence-corrected chi connectivity index (χ0v) is 12.5. The van der Waals surface area contributed by atoms with Crippen molar-refractivity contribution in [1.82, 2.24) is 10.6 Å². The van der Waals surface area contributed by atoms with E-state index in [0.717, 1.165) is 25.8 Å². The SMILES string of the molecule is CC(C)NC(=O)CNCCCCC(C)(C)C(N)=NO. The molecule has 0 atom stereocenters. The molecule has 0 saturated heterocycles. The van der Waals surface area contributed by atoms with E-state index in [4.69, 9.17) is 10.9 Å². The Kier molecular flexibility index (Phi) is 8.14. The van der Waals surface area contributed by atoms with Gasteiger partial charge in [0.15, 0.2) is 0 Å². The van der Waals surface area contributed by atoms with Gasteiger partial charge in [-0.3, -0.25) is 4.79 Å². The summed E-state index contributed by atoms with van der Waals surface area (Å²) in [6.45, 7) is 8.91. The van der Waals surface area contributed by atoms with Crippen molar-refractivity contribution in [1.29, 1.82) is 0 Å². The number of nitrogens with two attached hydrogens (primary N) is 1. The topological polar surface area (TPSA) is 99.7 Å². The van der Waals surface area contributed by atoms with Crippen LogP contribution >= 0.6 is 0 Å². The van der Waals surface area contributed by atoms with E-state index in [0.29, 0.717) is 6.54 Å². The van der Waals surface area contributed by atoms with Crippen molar-refractivity contribution in [2.75, 3.05) is 13.1 Å². The number of hydrogen-bond acceptors (Lipinski definition) is 4. The molecule has 6 nitrogen and oxygen atoms in total. The molecule has 19 heavy (non-hydrogen) atoms. The molecule has 112 valence electrons. The van der Waals surface area contributed by atoms with Gasteiger partial charge in [0.2, 0.25) is 5.91 Å². The predicted octanol–water partition coefficient (Wildman–Crippen LogP) is 1.04. The van der Waals surface area contributed by atoms with Gasteiger partial charge in [0.05, 0.1) is 6.54 Å². The molecule has 0 aliphatic carbocycles. The van der Waals surface area contributed by atoms with E-state index in [2.05, 4.69) is 15.8 Å². The molecule has 0 radical (unpaired) electrons. The highest BCUT2D eigenvalue weighted by Gasteiger charge is 2.22. The minimum Gasteiger partial charge on any atom is -0.409 e. The smallest absolute Gasteiger partial charge is 0.234 e. The maximum Gasteiger partial charge on any atom is 0.234 e. The van der Waals surface area contributed by atoms with Crippen molar-refractivity contribution in [3.63, 3.8) is 0 Å². The van der Waals surface area contributed by atoms with Gasteiger partial charge in [0.25, 0.3) is 0 Å². The number of oxime groups is 1. The van der Waals surface area contributed by atoms with E-state index >= 15 is 0 Å². The number of nitrogens with zero attached hydrogens (tertiary/aromatic N) is 1. The average Bonchev–Trinajstić information content (AvgIpc) is 2.31. The number of carbonyl (C=O) groups excluding carboxylic acids is 1. The molecule has 0 aliphatic heterocycles. The molecule has 0 rings (SSSR count). The van der Waals surface area contributed by atoms with E-state index in [1.165, 1.54) is 0 Å². The van der Waals surface area contributed by atoms with Crippen LogP contribution in [0.4, 0.5) is 0 Å². The first kappa shape index (κ1) is 17.7. The van der Waals surface area contributed by atoms with Gasteiger partial charge in [-0.1, -0.05) is 25.4 Å². The van der Waals surface area contributed by atoms with Gasteiger partial charge in [0, 0.05) is 11.5 Å². The van der Waals surface area contributed by atoms with Crippen LogP contribution in [0, 0.1) is 5.41 Å². The van der Waals surface area contributed by atoms with E-state index in [1.807, 2.05) is 27.7 Å². The highest BCUT2D eigenvalue weighted by molar-refractivity contribution is 5.85. The second-order valence-electron chi connectivity index (χ2n) is 5.73. The summed E-state index contributed by atoms with van der Waals surface area (Å²) in [5.41, 5.74) is 5.32. The molecule has 5 N–H and O–H groups in total. The fourth-order valence-electron chi connectivity index (χ4n) is 1.66. The Labute approximate surface area is 115 Å². The number of nitrogens with one attached hydrogen (secondary N) is 2. The van der Waals surface area contributed by atoms with Crippen LogP contribution in [-0.4, -0.2) is 36.1 Å². The minimum absolute atomic E-state index is 0.0204. The van der Waals surface area contributed by atoms with Gasteiger partial charge in [-0.05, 0) is 33.2 Å². The Bertz CT molecular complexity index is 301. The van der Waals surface area contributed by atoms with Crippen molar-refractivity contribution in [3.05, 3.63) is 0 Å². The Balaban J connectivity index is 3.64.